The molecule has 2 fully saturated rings. The van der Waals surface area contributed by atoms with Gasteiger partial charge in [-0.1, -0.05) is 30.3 Å². The second-order valence-corrected chi connectivity index (χ2v) is 7.55. The molecule has 1 saturated heterocycles. The van der Waals surface area contributed by atoms with Crippen molar-refractivity contribution in [3.05, 3.63) is 59.7 Å². The van der Waals surface area contributed by atoms with Gasteiger partial charge in [0.15, 0.2) is 0 Å². The molecule has 26 heavy (non-hydrogen) atoms. The van der Waals surface area contributed by atoms with E-state index in [4.69, 9.17) is 4.74 Å². The summed E-state index contributed by atoms with van der Waals surface area (Å²) in [4.78, 5) is 12.7. The van der Waals surface area contributed by atoms with Crippen molar-refractivity contribution in [2.75, 3.05) is 25.5 Å². The van der Waals surface area contributed by atoms with Crippen LogP contribution in [0.25, 0.3) is 0 Å². The van der Waals surface area contributed by atoms with Crippen LogP contribution >= 0.6 is 0 Å². The second kappa shape index (κ2) is 7.12. The summed E-state index contributed by atoms with van der Waals surface area (Å²) < 4.78 is 5.51. The zero-order valence-corrected chi connectivity index (χ0v) is 15.3. The normalized spacial score (nSPS) is 20.6. The van der Waals surface area contributed by atoms with E-state index in [1.54, 1.807) is 7.11 Å². The number of amides is 1. The lowest BCUT2D eigenvalue weighted by atomic mass is 9.91. The van der Waals surface area contributed by atoms with Gasteiger partial charge in [-0.15, -0.1) is 0 Å². The number of nitrogens with one attached hydrogen (secondary N) is 2. The molecule has 1 unspecified atom stereocenters. The van der Waals surface area contributed by atoms with Gasteiger partial charge in [0.25, 0.3) is 0 Å². The summed E-state index contributed by atoms with van der Waals surface area (Å²) >= 11 is 0. The monoisotopic (exact) mass is 350 g/mol. The Bertz CT molecular complexity index is 782. The molecule has 136 valence electrons. The number of hydrogen-bond donors (Lipinski definition) is 2. The number of benzene rings is 2. The number of anilines is 1. The minimum absolute atomic E-state index is 0.169. The molecule has 1 aliphatic carbocycles. The molecule has 2 aromatic rings. The minimum Gasteiger partial charge on any atom is -0.496 e. The van der Waals surface area contributed by atoms with Crippen molar-refractivity contribution in [2.45, 2.75) is 25.7 Å². The molecule has 1 amide bonds. The van der Waals surface area contributed by atoms with Crippen molar-refractivity contribution in [2.24, 2.45) is 11.3 Å². The van der Waals surface area contributed by atoms with Crippen LogP contribution in [-0.2, 0) is 11.2 Å². The fraction of sp³-hybridized carbons (Fsp3) is 0.409. The lowest BCUT2D eigenvalue weighted by Crippen LogP contribution is -2.31. The van der Waals surface area contributed by atoms with E-state index in [0.29, 0.717) is 0 Å². The molecule has 0 aromatic heterocycles. The molecule has 0 radical (unpaired) electrons. The van der Waals surface area contributed by atoms with Crippen LogP contribution in [0.15, 0.2) is 48.5 Å². The molecule has 2 N–H and O–H groups in total. The van der Waals surface area contributed by atoms with Gasteiger partial charge in [0, 0.05) is 23.6 Å². The maximum Gasteiger partial charge on any atom is 0.228 e. The SMILES string of the molecule is COc1ccc(NC(=O)C2CC23CCNCC3)cc1Cc1ccccc1. The average molecular weight is 350 g/mol. The lowest BCUT2D eigenvalue weighted by Gasteiger charge is -2.23. The third kappa shape index (κ3) is 3.47. The van der Waals surface area contributed by atoms with E-state index in [2.05, 4.69) is 22.8 Å². The van der Waals surface area contributed by atoms with Crippen molar-refractivity contribution in [1.29, 1.82) is 0 Å². The van der Waals surface area contributed by atoms with Crippen LogP contribution in [0.5, 0.6) is 5.75 Å². The zero-order valence-electron chi connectivity index (χ0n) is 15.3. The van der Waals surface area contributed by atoms with Crippen LogP contribution in [0.4, 0.5) is 5.69 Å². The highest BCUT2D eigenvalue weighted by molar-refractivity contribution is 5.95. The van der Waals surface area contributed by atoms with Gasteiger partial charge in [0.2, 0.25) is 5.91 Å². The maximum atomic E-state index is 12.7. The number of carbonyl (C=O) groups is 1. The Morgan fingerprint density at radius 2 is 1.96 bits per heavy atom. The van der Waals surface area contributed by atoms with Crippen LogP contribution in [-0.4, -0.2) is 26.1 Å². The maximum absolute atomic E-state index is 12.7. The standard InChI is InChI=1S/C22H26N2O2/c1-26-20-8-7-18(14-17(20)13-16-5-3-2-4-6-16)24-21(25)19-15-22(19)9-11-23-12-10-22/h2-8,14,19,23H,9-13,15H2,1H3,(H,24,25). The van der Waals surface area contributed by atoms with Gasteiger partial charge in [0.1, 0.15) is 5.75 Å². The summed E-state index contributed by atoms with van der Waals surface area (Å²) in [6.07, 6.45) is 4.06. The molecule has 2 aliphatic rings. The summed E-state index contributed by atoms with van der Waals surface area (Å²) in [6.45, 7) is 2.07. The molecule has 4 heteroatoms. The van der Waals surface area contributed by atoms with E-state index in [-0.39, 0.29) is 17.2 Å². The van der Waals surface area contributed by atoms with Crippen molar-refractivity contribution < 1.29 is 9.53 Å². The summed E-state index contributed by atoms with van der Waals surface area (Å²) in [7, 11) is 1.69. The van der Waals surface area contributed by atoms with Crippen molar-refractivity contribution in [3.8, 4) is 5.75 Å². The van der Waals surface area contributed by atoms with Crippen LogP contribution < -0.4 is 15.4 Å². The first-order valence-electron chi connectivity index (χ1n) is 9.43. The minimum atomic E-state index is 0.169. The largest absolute Gasteiger partial charge is 0.496 e. The molecule has 4 nitrogen and oxygen atoms in total. The van der Waals surface area contributed by atoms with E-state index in [0.717, 1.165) is 55.8 Å². The molecule has 2 aromatic carbocycles. The number of hydrogen-bond acceptors (Lipinski definition) is 3. The Morgan fingerprint density at radius 1 is 1.19 bits per heavy atom. The summed E-state index contributed by atoms with van der Waals surface area (Å²) in [5.41, 5.74) is 3.43. The van der Waals surface area contributed by atoms with Gasteiger partial charge in [0.05, 0.1) is 7.11 Å². The van der Waals surface area contributed by atoms with Crippen LogP contribution in [0, 0.1) is 11.3 Å². The Labute approximate surface area is 155 Å². The van der Waals surface area contributed by atoms with Gasteiger partial charge < -0.3 is 15.4 Å². The predicted octanol–water partition coefficient (Wildman–Crippen LogP) is 3.61. The third-order valence-electron chi connectivity index (χ3n) is 5.89. The Balaban J connectivity index is 1.47. The molecular weight excluding hydrogens is 324 g/mol. The van der Waals surface area contributed by atoms with Crippen molar-refractivity contribution in [3.63, 3.8) is 0 Å². The number of ether oxygens (including phenoxy) is 1. The van der Waals surface area contributed by atoms with Gasteiger partial charge in [-0.3, -0.25) is 4.79 Å². The fourth-order valence-electron chi connectivity index (χ4n) is 4.24. The first-order valence-corrected chi connectivity index (χ1v) is 9.43. The van der Waals surface area contributed by atoms with Crippen LogP contribution in [0.3, 0.4) is 0 Å². The zero-order chi connectivity index (χ0) is 18.0. The highest BCUT2D eigenvalue weighted by Gasteiger charge is 2.57. The summed E-state index contributed by atoms with van der Waals surface area (Å²) in [5.74, 6) is 1.19. The number of piperidine rings is 1. The van der Waals surface area contributed by atoms with E-state index in [1.165, 1.54) is 5.56 Å². The number of methoxy groups -OCH3 is 1. The summed E-state index contributed by atoms with van der Waals surface area (Å²) in [6, 6.07) is 16.2. The molecule has 1 heterocycles. The molecule has 1 spiro atoms. The lowest BCUT2D eigenvalue weighted by molar-refractivity contribution is -0.118. The molecule has 1 atom stereocenters. The second-order valence-electron chi connectivity index (χ2n) is 7.55. The fourth-order valence-corrected chi connectivity index (χ4v) is 4.24. The van der Waals surface area contributed by atoms with E-state index >= 15 is 0 Å². The molecule has 4 rings (SSSR count). The Morgan fingerprint density at radius 3 is 2.69 bits per heavy atom. The van der Waals surface area contributed by atoms with E-state index in [1.807, 2.05) is 36.4 Å². The molecule has 0 bridgehead atoms. The smallest absolute Gasteiger partial charge is 0.228 e. The molecule has 1 saturated carbocycles. The quantitative estimate of drug-likeness (QED) is 0.866. The molecular formula is C22H26N2O2. The van der Waals surface area contributed by atoms with Crippen LogP contribution in [0.1, 0.15) is 30.4 Å². The Kier molecular flexibility index (Phi) is 4.68. The van der Waals surface area contributed by atoms with E-state index in [9.17, 15) is 4.79 Å². The first kappa shape index (κ1) is 17.1. The third-order valence-corrected chi connectivity index (χ3v) is 5.89. The van der Waals surface area contributed by atoms with Crippen molar-refractivity contribution >= 4 is 11.6 Å². The van der Waals surface area contributed by atoms with Crippen molar-refractivity contribution in [1.82, 2.24) is 5.32 Å². The van der Waals surface area contributed by atoms with E-state index < -0.39 is 0 Å². The highest BCUT2D eigenvalue weighted by atomic mass is 16.5. The number of carbonyl (C=O) groups excluding carboxylic acids is 1. The van der Waals surface area contributed by atoms with Gasteiger partial charge in [-0.05, 0) is 61.5 Å². The van der Waals surface area contributed by atoms with Gasteiger partial charge in [-0.25, -0.2) is 0 Å². The molecule has 1 aliphatic heterocycles. The Hall–Kier alpha value is -2.33. The number of rotatable bonds is 5. The van der Waals surface area contributed by atoms with Gasteiger partial charge >= 0.3 is 0 Å². The van der Waals surface area contributed by atoms with Gasteiger partial charge in [-0.2, -0.15) is 0 Å². The summed E-state index contributed by atoms with van der Waals surface area (Å²) in [5, 5.41) is 6.53. The topological polar surface area (TPSA) is 50.4 Å². The average Bonchev–Trinajstić information content (AvgIpc) is 3.36. The van der Waals surface area contributed by atoms with Crippen LogP contribution in [0.2, 0.25) is 0 Å². The first-order chi connectivity index (χ1) is 12.7. The predicted molar refractivity (Wildman–Crippen MR) is 104 cm³/mol. The highest BCUT2D eigenvalue weighted by Crippen LogP contribution is 2.58.